The number of hydrogen-bond acceptors (Lipinski definition) is 9. The zero-order valence-electron chi connectivity index (χ0n) is 24.0. The quantitative estimate of drug-likeness (QED) is 0.431. The Bertz CT molecular complexity index is 1520. The van der Waals surface area contributed by atoms with Crippen molar-refractivity contribution in [3.63, 3.8) is 0 Å². The summed E-state index contributed by atoms with van der Waals surface area (Å²) >= 11 is 0. The van der Waals surface area contributed by atoms with E-state index in [0.29, 0.717) is 51.8 Å². The number of aromatic nitrogens is 2. The Morgan fingerprint density at radius 2 is 1.95 bits per heavy atom. The summed E-state index contributed by atoms with van der Waals surface area (Å²) in [5.74, 6) is 0.665. The molecule has 0 aliphatic carbocycles. The average molecular weight is 568 g/mol. The first-order valence-corrected chi connectivity index (χ1v) is 14.6. The Balaban J connectivity index is 1.32. The van der Waals surface area contributed by atoms with Crippen molar-refractivity contribution >= 4 is 28.2 Å². The van der Waals surface area contributed by atoms with Gasteiger partial charge in [-0.2, -0.15) is 15.2 Å². The maximum absolute atomic E-state index is 12.5. The second-order valence-electron chi connectivity index (χ2n) is 11.4. The van der Waals surface area contributed by atoms with Crippen LogP contribution in [-0.4, -0.2) is 95.3 Å². The molecular weight excluding hydrogens is 530 g/mol. The summed E-state index contributed by atoms with van der Waals surface area (Å²) in [5.41, 5.74) is 3.19. The van der Waals surface area contributed by atoms with Crippen LogP contribution in [0.4, 0.5) is 11.5 Å². The molecule has 3 aromatic rings. The third kappa shape index (κ3) is 5.50. The molecule has 1 unspecified atom stereocenters. The molecule has 1 amide bonds. The van der Waals surface area contributed by atoms with Gasteiger partial charge in [-0.25, -0.2) is 0 Å². The molecular formula is C32H37N7O3. The van der Waals surface area contributed by atoms with Crippen LogP contribution >= 0.6 is 0 Å². The average Bonchev–Trinajstić information content (AvgIpc) is 3.34. The maximum Gasteiger partial charge on any atom is 0.318 e. The number of rotatable bonds is 7. The number of carbonyl (C=O) groups excluding carboxylic acids is 1. The van der Waals surface area contributed by atoms with Gasteiger partial charge in [0.05, 0.1) is 36.9 Å². The SMILES string of the molecule is C=CC(=O)N1CCN(c2nc(OC[C@@H]3C[C@H](O)CN3C)nc3c2CCN(c2cccc4ccccc24)C3)CC1CC#N. The number of ether oxygens (including phenoxy) is 1. The molecule has 218 valence electrons. The number of anilines is 2. The molecule has 10 nitrogen and oxygen atoms in total. The largest absolute Gasteiger partial charge is 0.462 e. The number of aliphatic hydroxyl groups excluding tert-OH is 1. The standard InChI is InChI=1S/C32H37N7O3/c1-3-30(41)39-16-15-38(18-23(39)11-13-33)31-27-12-14-37(29-10-6-8-22-7-4-5-9-26(22)29)20-28(27)34-32(35-31)42-21-24-17-25(40)19-36(24)2/h3-10,23-25,40H,1,11-12,14-21H2,2H3/t23?,24-,25-/m0/s1. The zero-order chi connectivity index (χ0) is 29.2. The van der Waals surface area contributed by atoms with Crippen LogP contribution in [0.1, 0.15) is 24.1 Å². The number of likely N-dealkylation sites (tertiary alicyclic amines) is 1. The van der Waals surface area contributed by atoms with Crippen LogP contribution in [-0.2, 0) is 17.8 Å². The number of piperazine rings is 1. The summed E-state index contributed by atoms with van der Waals surface area (Å²) in [7, 11) is 1.99. The number of likely N-dealkylation sites (N-methyl/N-ethyl adjacent to an activating group) is 1. The number of aliphatic hydroxyl groups is 1. The van der Waals surface area contributed by atoms with Gasteiger partial charge >= 0.3 is 6.01 Å². The van der Waals surface area contributed by atoms with Crippen LogP contribution < -0.4 is 14.5 Å². The fourth-order valence-corrected chi connectivity index (χ4v) is 6.56. The Kier molecular flexibility index (Phi) is 7.96. The normalized spacial score (nSPS) is 22.6. The van der Waals surface area contributed by atoms with Gasteiger partial charge in [0.25, 0.3) is 0 Å². The second-order valence-corrected chi connectivity index (χ2v) is 11.4. The molecule has 0 spiro atoms. The molecule has 0 bridgehead atoms. The first-order chi connectivity index (χ1) is 20.4. The summed E-state index contributed by atoms with van der Waals surface area (Å²) < 4.78 is 6.22. The van der Waals surface area contributed by atoms with Gasteiger partial charge in [0.2, 0.25) is 5.91 Å². The van der Waals surface area contributed by atoms with Crippen molar-refractivity contribution in [1.82, 2.24) is 19.8 Å². The minimum absolute atomic E-state index is 0.0868. The number of amides is 1. The molecule has 42 heavy (non-hydrogen) atoms. The number of nitrogens with zero attached hydrogens (tertiary/aromatic N) is 7. The van der Waals surface area contributed by atoms with Crippen molar-refractivity contribution in [2.75, 3.05) is 56.2 Å². The van der Waals surface area contributed by atoms with Gasteiger partial charge in [0.1, 0.15) is 12.4 Å². The van der Waals surface area contributed by atoms with E-state index >= 15 is 0 Å². The predicted octanol–water partition coefficient (Wildman–Crippen LogP) is 2.75. The van der Waals surface area contributed by atoms with E-state index in [-0.39, 0.29) is 30.5 Å². The van der Waals surface area contributed by atoms with Gasteiger partial charge in [0.15, 0.2) is 0 Å². The lowest BCUT2D eigenvalue weighted by Gasteiger charge is -2.42. The fraction of sp³-hybridized carbons (Fsp3) is 0.438. The Hall–Kier alpha value is -4.20. The highest BCUT2D eigenvalue weighted by Crippen LogP contribution is 2.35. The first-order valence-electron chi connectivity index (χ1n) is 14.6. The van der Waals surface area contributed by atoms with E-state index in [1.54, 1.807) is 4.90 Å². The van der Waals surface area contributed by atoms with Crippen molar-refractivity contribution in [3.05, 3.63) is 66.4 Å². The zero-order valence-corrected chi connectivity index (χ0v) is 24.0. The number of benzene rings is 2. The Morgan fingerprint density at radius 1 is 1.12 bits per heavy atom. The number of fused-ring (bicyclic) bond motifs is 2. The highest BCUT2D eigenvalue weighted by molar-refractivity contribution is 5.94. The van der Waals surface area contributed by atoms with E-state index in [1.165, 1.54) is 22.5 Å². The van der Waals surface area contributed by atoms with Crippen molar-refractivity contribution in [1.29, 1.82) is 5.26 Å². The molecule has 1 aromatic heterocycles. The van der Waals surface area contributed by atoms with Gasteiger partial charge in [-0.1, -0.05) is 43.0 Å². The predicted molar refractivity (Wildman–Crippen MR) is 161 cm³/mol. The van der Waals surface area contributed by atoms with E-state index in [9.17, 15) is 15.2 Å². The first kappa shape index (κ1) is 27.9. The lowest BCUT2D eigenvalue weighted by molar-refractivity contribution is -0.128. The van der Waals surface area contributed by atoms with Crippen LogP contribution in [0.25, 0.3) is 10.8 Å². The molecule has 2 aromatic carbocycles. The van der Waals surface area contributed by atoms with Gasteiger partial charge < -0.3 is 24.5 Å². The van der Waals surface area contributed by atoms with E-state index in [0.717, 1.165) is 30.0 Å². The van der Waals surface area contributed by atoms with Gasteiger partial charge in [0, 0.05) is 55.4 Å². The van der Waals surface area contributed by atoms with E-state index < -0.39 is 0 Å². The summed E-state index contributed by atoms with van der Waals surface area (Å²) in [5, 5.41) is 22.0. The second kappa shape index (κ2) is 12.0. The molecule has 0 radical (unpaired) electrons. The molecule has 0 saturated carbocycles. The summed E-state index contributed by atoms with van der Waals surface area (Å²) in [6.45, 7) is 7.67. The van der Waals surface area contributed by atoms with Gasteiger partial charge in [-0.3, -0.25) is 9.69 Å². The molecule has 2 saturated heterocycles. The number of hydrogen-bond donors (Lipinski definition) is 1. The number of carbonyl (C=O) groups is 1. The van der Waals surface area contributed by atoms with Gasteiger partial charge in [-0.05, 0) is 37.4 Å². The molecule has 3 aliphatic heterocycles. The van der Waals surface area contributed by atoms with Crippen molar-refractivity contribution in [3.8, 4) is 12.1 Å². The summed E-state index contributed by atoms with van der Waals surface area (Å²) in [6.07, 6.45) is 2.61. The maximum atomic E-state index is 12.5. The van der Waals surface area contributed by atoms with Crippen LogP contribution in [0.5, 0.6) is 6.01 Å². The molecule has 2 fully saturated rings. The molecule has 3 atom stereocenters. The Labute approximate surface area is 246 Å². The molecule has 6 rings (SSSR count). The third-order valence-corrected chi connectivity index (χ3v) is 8.77. The highest BCUT2D eigenvalue weighted by atomic mass is 16.5. The molecule has 3 aliphatic rings. The number of β-amino-alcohol motifs (C(OH)–C–C–N with tert-alkyl or cyclic N) is 1. The van der Waals surface area contributed by atoms with Gasteiger partial charge in [-0.15, -0.1) is 0 Å². The summed E-state index contributed by atoms with van der Waals surface area (Å²) in [4.78, 5) is 30.8. The van der Waals surface area contributed by atoms with E-state index in [2.05, 4.69) is 69.8 Å². The molecule has 4 heterocycles. The lowest BCUT2D eigenvalue weighted by atomic mass is 10.0. The van der Waals surface area contributed by atoms with Crippen LogP contribution in [0.2, 0.25) is 0 Å². The van der Waals surface area contributed by atoms with Crippen molar-refractivity contribution in [2.24, 2.45) is 0 Å². The third-order valence-electron chi connectivity index (χ3n) is 8.77. The van der Waals surface area contributed by atoms with E-state index in [4.69, 9.17) is 14.7 Å². The Morgan fingerprint density at radius 3 is 2.74 bits per heavy atom. The minimum atomic E-state index is -0.357. The summed E-state index contributed by atoms with van der Waals surface area (Å²) in [6, 6.07) is 17.2. The molecule has 10 heteroatoms. The highest BCUT2D eigenvalue weighted by Gasteiger charge is 2.34. The topological polar surface area (TPSA) is 109 Å². The van der Waals surface area contributed by atoms with Crippen molar-refractivity contribution in [2.45, 2.75) is 44.0 Å². The van der Waals surface area contributed by atoms with Crippen LogP contribution in [0.15, 0.2) is 55.1 Å². The van der Waals surface area contributed by atoms with E-state index in [1.807, 2.05) is 7.05 Å². The smallest absolute Gasteiger partial charge is 0.318 e. The lowest BCUT2D eigenvalue weighted by Crippen LogP contribution is -2.55. The van der Waals surface area contributed by atoms with Crippen LogP contribution in [0.3, 0.4) is 0 Å². The monoisotopic (exact) mass is 567 g/mol. The minimum Gasteiger partial charge on any atom is -0.462 e. The van der Waals surface area contributed by atoms with Crippen molar-refractivity contribution < 1.29 is 14.6 Å². The van der Waals surface area contributed by atoms with Crippen LogP contribution in [0, 0.1) is 11.3 Å². The number of nitriles is 1. The fourth-order valence-electron chi connectivity index (χ4n) is 6.56. The molecule has 1 N–H and O–H groups in total.